The third-order valence-corrected chi connectivity index (χ3v) is 8.94. The summed E-state index contributed by atoms with van der Waals surface area (Å²) in [5.74, 6) is 3.28. The maximum atomic E-state index is 13.2. The van der Waals surface area contributed by atoms with Gasteiger partial charge in [-0.15, -0.1) is 0 Å². The Morgan fingerprint density at radius 2 is 1.78 bits per heavy atom. The smallest absolute Gasteiger partial charge is 0.140 e. The predicted octanol–water partition coefficient (Wildman–Crippen LogP) is 4.80. The molecule has 5 unspecified atom stereocenters. The molecule has 4 saturated carbocycles. The van der Waals surface area contributed by atoms with Gasteiger partial charge in [0.15, 0.2) is 0 Å². The molecule has 2 heteroatoms. The van der Waals surface area contributed by atoms with Crippen molar-refractivity contribution in [2.45, 2.75) is 78.6 Å². The van der Waals surface area contributed by atoms with Gasteiger partial charge in [0.1, 0.15) is 11.6 Å². The Kier molecular flexibility index (Phi) is 3.56. The second kappa shape index (κ2) is 5.17. The lowest BCUT2D eigenvalue weighted by atomic mass is 9.44. The minimum Gasteiger partial charge on any atom is -0.300 e. The zero-order valence-electron chi connectivity index (χ0n) is 15.1. The third kappa shape index (κ3) is 1.99. The Balaban J connectivity index is 1.70. The van der Waals surface area contributed by atoms with Crippen molar-refractivity contribution >= 4 is 11.6 Å². The van der Waals surface area contributed by atoms with Gasteiger partial charge in [-0.25, -0.2) is 0 Å². The van der Waals surface area contributed by atoms with E-state index in [1.54, 1.807) is 6.92 Å². The fourth-order valence-corrected chi connectivity index (χ4v) is 7.65. The molecule has 4 rings (SSSR count). The van der Waals surface area contributed by atoms with Crippen molar-refractivity contribution in [1.29, 1.82) is 0 Å². The molecule has 23 heavy (non-hydrogen) atoms. The zero-order valence-corrected chi connectivity index (χ0v) is 15.1. The van der Waals surface area contributed by atoms with Crippen molar-refractivity contribution in [3.8, 4) is 0 Å². The SMILES string of the molecule is CC(=O)[C@H]1CCC2C3CCC4CCCC[C@]4(C)C3CC(=O)C21C. The fraction of sp³-hybridized carbons (Fsp3) is 0.905. The van der Waals surface area contributed by atoms with Gasteiger partial charge in [-0.05, 0) is 74.5 Å². The Labute approximate surface area is 140 Å². The van der Waals surface area contributed by atoms with Crippen molar-refractivity contribution in [1.82, 2.24) is 0 Å². The van der Waals surface area contributed by atoms with Gasteiger partial charge in [0.25, 0.3) is 0 Å². The summed E-state index contributed by atoms with van der Waals surface area (Å²) in [6, 6.07) is 0. The summed E-state index contributed by atoms with van der Waals surface area (Å²) in [6.45, 7) is 6.35. The molecule has 0 aromatic carbocycles. The van der Waals surface area contributed by atoms with Gasteiger partial charge >= 0.3 is 0 Å². The van der Waals surface area contributed by atoms with Gasteiger partial charge < -0.3 is 0 Å². The first-order chi connectivity index (χ1) is 10.9. The standard InChI is InChI=1S/C21H32O2/c1-13(22)16-9-10-17-15-8-7-14-6-4-5-11-20(14,2)18(15)12-19(23)21(16,17)3/h14-18H,4-12H2,1-3H3/t14?,15?,16-,17?,18?,20+,21?/m1/s1. The van der Waals surface area contributed by atoms with Crippen molar-refractivity contribution in [3.05, 3.63) is 0 Å². The molecule has 0 saturated heterocycles. The normalized spacial score (nSPS) is 52.5. The summed E-state index contributed by atoms with van der Waals surface area (Å²) in [5, 5.41) is 0. The molecule has 0 aromatic heterocycles. The Hall–Kier alpha value is -0.660. The Bertz CT molecular complexity index is 538. The molecule has 0 aliphatic heterocycles. The maximum Gasteiger partial charge on any atom is 0.140 e. The number of Topliss-reactive ketones (excluding diaryl/α,β-unsaturated/α-hetero) is 2. The molecule has 0 radical (unpaired) electrons. The minimum atomic E-state index is -0.342. The molecular weight excluding hydrogens is 284 g/mol. The van der Waals surface area contributed by atoms with Crippen LogP contribution in [-0.2, 0) is 9.59 Å². The summed E-state index contributed by atoms with van der Waals surface area (Å²) in [7, 11) is 0. The van der Waals surface area contributed by atoms with E-state index in [0.29, 0.717) is 29.0 Å². The van der Waals surface area contributed by atoms with Gasteiger partial charge in [-0.1, -0.05) is 26.7 Å². The molecule has 0 amide bonds. The summed E-state index contributed by atoms with van der Waals surface area (Å²) in [6.07, 6.45) is 10.9. The van der Waals surface area contributed by atoms with Gasteiger partial charge in [-0.2, -0.15) is 0 Å². The highest BCUT2D eigenvalue weighted by Crippen LogP contribution is 2.66. The summed E-state index contributed by atoms with van der Waals surface area (Å²) < 4.78 is 0. The summed E-state index contributed by atoms with van der Waals surface area (Å²) >= 11 is 0. The van der Waals surface area contributed by atoms with E-state index in [0.717, 1.165) is 25.2 Å². The first-order valence-corrected chi connectivity index (χ1v) is 9.92. The topological polar surface area (TPSA) is 34.1 Å². The van der Waals surface area contributed by atoms with Crippen LogP contribution in [0.4, 0.5) is 0 Å². The minimum absolute atomic E-state index is 0.00200. The molecule has 128 valence electrons. The lowest BCUT2D eigenvalue weighted by Gasteiger charge is -2.59. The van der Waals surface area contributed by atoms with Crippen LogP contribution in [-0.4, -0.2) is 11.6 Å². The fourth-order valence-electron chi connectivity index (χ4n) is 7.65. The molecule has 0 aromatic rings. The van der Waals surface area contributed by atoms with Gasteiger partial charge in [0, 0.05) is 17.8 Å². The molecule has 7 atom stereocenters. The molecule has 0 heterocycles. The van der Waals surface area contributed by atoms with Crippen molar-refractivity contribution in [3.63, 3.8) is 0 Å². The quantitative estimate of drug-likeness (QED) is 0.696. The van der Waals surface area contributed by atoms with Crippen LogP contribution in [0.3, 0.4) is 0 Å². The highest BCUT2D eigenvalue weighted by atomic mass is 16.1. The third-order valence-electron chi connectivity index (χ3n) is 8.94. The van der Waals surface area contributed by atoms with E-state index in [1.807, 2.05) is 0 Å². The number of fused-ring (bicyclic) bond motifs is 5. The highest BCUT2D eigenvalue weighted by Gasteiger charge is 2.63. The van der Waals surface area contributed by atoms with E-state index in [4.69, 9.17) is 0 Å². The van der Waals surface area contributed by atoms with Gasteiger partial charge in [0.2, 0.25) is 0 Å². The van der Waals surface area contributed by atoms with Crippen LogP contribution in [0.5, 0.6) is 0 Å². The Morgan fingerprint density at radius 3 is 2.52 bits per heavy atom. The van der Waals surface area contributed by atoms with Crippen LogP contribution >= 0.6 is 0 Å². The van der Waals surface area contributed by atoms with Crippen molar-refractivity contribution in [2.75, 3.05) is 0 Å². The average molecular weight is 316 g/mol. The first kappa shape index (κ1) is 15.8. The van der Waals surface area contributed by atoms with E-state index in [2.05, 4.69) is 13.8 Å². The van der Waals surface area contributed by atoms with Crippen LogP contribution in [0, 0.1) is 40.4 Å². The molecular formula is C21H32O2. The highest BCUT2D eigenvalue weighted by molar-refractivity contribution is 5.93. The second-order valence-corrected chi connectivity index (χ2v) is 9.55. The van der Waals surface area contributed by atoms with E-state index in [1.165, 1.54) is 38.5 Å². The van der Waals surface area contributed by atoms with E-state index >= 15 is 0 Å². The van der Waals surface area contributed by atoms with Crippen LogP contribution in [0.1, 0.15) is 78.6 Å². The number of rotatable bonds is 1. The van der Waals surface area contributed by atoms with Crippen molar-refractivity contribution < 1.29 is 9.59 Å². The van der Waals surface area contributed by atoms with E-state index < -0.39 is 0 Å². The number of carbonyl (C=O) groups excluding carboxylic acids is 2. The van der Waals surface area contributed by atoms with Gasteiger partial charge in [0.05, 0.1) is 0 Å². The molecule has 0 bridgehead atoms. The molecule has 0 spiro atoms. The number of hydrogen-bond donors (Lipinski definition) is 0. The monoisotopic (exact) mass is 316 g/mol. The maximum absolute atomic E-state index is 13.2. The summed E-state index contributed by atoms with van der Waals surface area (Å²) in [5.41, 5.74) is 0.0529. The molecule has 0 N–H and O–H groups in total. The van der Waals surface area contributed by atoms with Crippen molar-refractivity contribution in [2.24, 2.45) is 40.4 Å². The van der Waals surface area contributed by atoms with E-state index in [-0.39, 0.29) is 17.1 Å². The largest absolute Gasteiger partial charge is 0.300 e. The molecule has 4 fully saturated rings. The molecule has 4 aliphatic carbocycles. The average Bonchev–Trinajstić information content (AvgIpc) is 2.87. The van der Waals surface area contributed by atoms with Crippen LogP contribution in [0.15, 0.2) is 0 Å². The first-order valence-electron chi connectivity index (χ1n) is 9.92. The van der Waals surface area contributed by atoms with Crippen LogP contribution < -0.4 is 0 Å². The number of hydrogen-bond acceptors (Lipinski definition) is 2. The summed E-state index contributed by atoms with van der Waals surface area (Å²) in [4.78, 5) is 25.4. The van der Waals surface area contributed by atoms with Crippen LogP contribution in [0.2, 0.25) is 0 Å². The Morgan fingerprint density at radius 1 is 1.00 bits per heavy atom. The molecule has 2 nitrogen and oxygen atoms in total. The molecule has 4 aliphatic rings. The van der Waals surface area contributed by atoms with Gasteiger partial charge in [-0.3, -0.25) is 9.59 Å². The van der Waals surface area contributed by atoms with E-state index in [9.17, 15) is 9.59 Å². The zero-order chi connectivity index (χ0) is 16.4. The lowest BCUT2D eigenvalue weighted by Crippen LogP contribution is -2.56. The van der Waals surface area contributed by atoms with Crippen LogP contribution in [0.25, 0.3) is 0 Å². The lowest BCUT2D eigenvalue weighted by molar-refractivity contribution is -0.158. The number of carbonyl (C=O) groups is 2. The number of ketones is 2. The predicted molar refractivity (Wildman–Crippen MR) is 90.9 cm³/mol. The second-order valence-electron chi connectivity index (χ2n) is 9.55.